The number of rotatable bonds is 6. The number of aryl methyl sites for hydroxylation is 2. The minimum atomic E-state index is 0.835. The van der Waals surface area contributed by atoms with Crippen LogP contribution in [0.25, 0.3) is 0 Å². The van der Waals surface area contributed by atoms with E-state index < -0.39 is 0 Å². The SMILES string of the molecule is CCn1nc(C)cc1CC1CC(C)CCC1CNC1CC1. The molecule has 2 aliphatic rings. The molecule has 2 saturated carbocycles. The Hall–Kier alpha value is -0.830. The molecule has 118 valence electrons. The summed E-state index contributed by atoms with van der Waals surface area (Å²) in [5, 5.41) is 8.39. The third-order valence-corrected chi connectivity index (χ3v) is 5.40. The molecule has 3 rings (SSSR count). The van der Waals surface area contributed by atoms with Gasteiger partial charge in [-0.1, -0.05) is 13.3 Å². The lowest BCUT2D eigenvalue weighted by Gasteiger charge is -2.35. The second-order valence-corrected chi connectivity index (χ2v) is 7.42. The Labute approximate surface area is 129 Å². The molecule has 0 spiro atoms. The van der Waals surface area contributed by atoms with Crippen LogP contribution < -0.4 is 5.32 Å². The Morgan fingerprint density at radius 2 is 2.05 bits per heavy atom. The lowest BCUT2D eigenvalue weighted by Crippen LogP contribution is -2.35. The Kier molecular flexibility index (Phi) is 4.68. The lowest BCUT2D eigenvalue weighted by atomic mass is 9.72. The van der Waals surface area contributed by atoms with Gasteiger partial charge >= 0.3 is 0 Å². The molecule has 21 heavy (non-hydrogen) atoms. The van der Waals surface area contributed by atoms with Crippen molar-refractivity contribution in [2.45, 2.75) is 71.9 Å². The first-order chi connectivity index (χ1) is 10.2. The standard InChI is InChI=1S/C18H31N3/c1-4-21-18(10-14(3)20-21)11-16-9-13(2)5-6-15(16)12-19-17-7-8-17/h10,13,15-17,19H,4-9,11-12H2,1-3H3. The molecule has 0 bridgehead atoms. The van der Waals surface area contributed by atoms with Crippen molar-refractivity contribution in [2.75, 3.05) is 6.54 Å². The van der Waals surface area contributed by atoms with E-state index in [-0.39, 0.29) is 0 Å². The molecule has 0 aromatic carbocycles. The summed E-state index contributed by atoms with van der Waals surface area (Å²) in [6.45, 7) is 8.98. The Morgan fingerprint density at radius 3 is 2.76 bits per heavy atom. The average molecular weight is 289 g/mol. The van der Waals surface area contributed by atoms with Gasteiger partial charge in [0.1, 0.15) is 0 Å². The van der Waals surface area contributed by atoms with Gasteiger partial charge in [-0.3, -0.25) is 4.68 Å². The molecule has 0 aliphatic heterocycles. The van der Waals surface area contributed by atoms with Crippen molar-refractivity contribution in [1.82, 2.24) is 15.1 Å². The van der Waals surface area contributed by atoms with Gasteiger partial charge in [-0.2, -0.15) is 5.10 Å². The maximum absolute atomic E-state index is 4.62. The van der Waals surface area contributed by atoms with Crippen molar-refractivity contribution < 1.29 is 0 Å². The van der Waals surface area contributed by atoms with E-state index in [0.29, 0.717) is 0 Å². The second-order valence-electron chi connectivity index (χ2n) is 7.42. The molecule has 3 atom stereocenters. The van der Waals surface area contributed by atoms with Gasteiger partial charge in [0.15, 0.2) is 0 Å². The normalized spacial score (nSPS) is 29.8. The molecule has 1 heterocycles. The third-order valence-electron chi connectivity index (χ3n) is 5.40. The van der Waals surface area contributed by atoms with Crippen molar-refractivity contribution in [1.29, 1.82) is 0 Å². The highest BCUT2D eigenvalue weighted by atomic mass is 15.3. The Bertz CT molecular complexity index is 461. The van der Waals surface area contributed by atoms with Crippen LogP contribution in [0.5, 0.6) is 0 Å². The molecule has 1 N–H and O–H groups in total. The van der Waals surface area contributed by atoms with Crippen LogP contribution in [0, 0.1) is 24.7 Å². The van der Waals surface area contributed by atoms with Crippen LogP contribution in [0.1, 0.15) is 57.3 Å². The summed E-state index contributed by atoms with van der Waals surface area (Å²) in [6.07, 6.45) is 8.23. The first kappa shape index (κ1) is 15.1. The summed E-state index contributed by atoms with van der Waals surface area (Å²) in [4.78, 5) is 0. The van der Waals surface area contributed by atoms with Crippen molar-refractivity contribution >= 4 is 0 Å². The van der Waals surface area contributed by atoms with Crippen molar-refractivity contribution in [3.63, 3.8) is 0 Å². The maximum atomic E-state index is 4.62. The average Bonchev–Trinajstić information content (AvgIpc) is 3.21. The minimum Gasteiger partial charge on any atom is -0.314 e. The van der Waals surface area contributed by atoms with Crippen molar-refractivity contribution in [3.05, 3.63) is 17.5 Å². The molecule has 1 aromatic rings. The van der Waals surface area contributed by atoms with Gasteiger partial charge in [-0.25, -0.2) is 0 Å². The van der Waals surface area contributed by atoms with Gasteiger partial charge in [0.2, 0.25) is 0 Å². The molecule has 1 aromatic heterocycles. The molecular weight excluding hydrogens is 258 g/mol. The number of aromatic nitrogens is 2. The minimum absolute atomic E-state index is 0.835. The maximum Gasteiger partial charge on any atom is 0.0596 e. The highest BCUT2D eigenvalue weighted by Crippen LogP contribution is 2.36. The molecule has 3 unspecified atom stereocenters. The van der Waals surface area contributed by atoms with Gasteiger partial charge in [-0.15, -0.1) is 0 Å². The zero-order valence-corrected chi connectivity index (χ0v) is 13.9. The number of nitrogens with zero attached hydrogens (tertiary/aromatic N) is 2. The molecular formula is C18H31N3. The van der Waals surface area contributed by atoms with Crippen LogP contribution in [0.15, 0.2) is 6.07 Å². The van der Waals surface area contributed by atoms with Crippen LogP contribution in [-0.4, -0.2) is 22.4 Å². The van der Waals surface area contributed by atoms with Gasteiger partial charge in [0.25, 0.3) is 0 Å². The quantitative estimate of drug-likeness (QED) is 0.868. The fourth-order valence-corrected chi connectivity index (χ4v) is 3.99. The molecule has 3 heteroatoms. The summed E-state index contributed by atoms with van der Waals surface area (Å²) < 4.78 is 2.21. The number of hydrogen-bond acceptors (Lipinski definition) is 2. The predicted molar refractivity (Wildman–Crippen MR) is 87.4 cm³/mol. The third kappa shape index (κ3) is 3.88. The van der Waals surface area contributed by atoms with E-state index in [9.17, 15) is 0 Å². The van der Waals surface area contributed by atoms with Crippen LogP contribution >= 0.6 is 0 Å². The monoisotopic (exact) mass is 289 g/mol. The fourth-order valence-electron chi connectivity index (χ4n) is 3.99. The highest BCUT2D eigenvalue weighted by molar-refractivity contribution is 5.10. The fraction of sp³-hybridized carbons (Fsp3) is 0.833. The van der Waals surface area contributed by atoms with E-state index >= 15 is 0 Å². The first-order valence-corrected chi connectivity index (χ1v) is 8.92. The lowest BCUT2D eigenvalue weighted by molar-refractivity contribution is 0.181. The van der Waals surface area contributed by atoms with Gasteiger partial charge < -0.3 is 5.32 Å². The van der Waals surface area contributed by atoms with Crippen molar-refractivity contribution in [3.8, 4) is 0 Å². The summed E-state index contributed by atoms with van der Waals surface area (Å²) in [7, 11) is 0. The van der Waals surface area contributed by atoms with E-state index in [1.165, 1.54) is 56.5 Å². The van der Waals surface area contributed by atoms with Crippen molar-refractivity contribution in [2.24, 2.45) is 17.8 Å². The molecule has 0 amide bonds. The van der Waals surface area contributed by atoms with E-state index in [4.69, 9.17) is 0 Å². The number of nitrogens with one attached hydrogen (secondary N) is 1. The molecule has 2 aliphatic carbocycles. The van der Waals surface area contributed by atoms with Gasteiger partial charge in [0, 0.05) is 18.3 Å². The molecule has 2 fully saturated rings. The zero-order valence-electron chi connectivity index (χ0n) is 13.9. The smallest absolute Gasteiger partial charge is 0.0596 e. The highest BCUT2D eigenvalue weighted by Gasteiger charge is 2.31. The predicted octanol–water partition coefficient (Wildman–Crippen LogP) is 3.56. The molecule has 3 nitrogen and oxygen atoms in total. The van der Waals surface area contributed by atoms with Gasteiger partial charge in [0.05, 0.1) is 5.69 Å². The number of hydrogen-bond donors (Lipinski definition) is 1. The topological polar surface area (TPSA) is 29.9 Å². The van der Waals surface area contributed by atoms with Crippen LogP contribution in [-0.2, 0) is 13.0 Å². The van der Waals surface area contributed by atoms with E-state index in [1.54, 1.807) is 0 Å². The van der Waals surface area contributed by atoms with E-state index in [1.807, 2.05) is 0 Å². The second kappa shape index (κ2) is 6.51. The van der Waals surface area contributed by atoms with Crippen LogP contribution in [0.2, 0.25) is 0 Å². The summed E-state index contributed by atoms with van der Waals surface area (Å²) in [5.41, 5.74) is 2.62. The first-order valence-electron chi connectivity index (χ1n) is 8.92. The summed E-state index contributed by atoms with van der Waals surface area (Å²) in [5.74, 6) is 2.59. The molecule has 0 saturated heterocycles. The van der Waals surface area contributed by atoms with E-state index in [2.05, 4.69) is 41.9 Å². The van der Waals surface area contributed by atoms with E-state index in [0.717, 1.165) is 30.3 Å². The summed E-state index contributed by atoms with van der Waals surface area (Å²) >= 11 is 0. The molecule has 0 radical (unpaired) electrons. The largest absolute Gasteiger partial charge is 0.314 e. The van der Waals surface area contributed by atoms with Gasteiger partial charge in [-0.05, 0) is 76.3 Å². The van der Waals surface area contributed by atoms with Crippen LogP contribution in [0.3, 0.4) is 0 Å². The zero-order chi connectivity index (χ0) is 14.8. The Morgan fingerprint density at radius 1 is 1.24 bits per heavy atom. The van der Waals surface area contributed by atoms with Crippen LogP contribution in [0.4, 0.5) is 0 Å². The Balaban J connectivity index is 1.65. The summed E-state index contributed by atoms with van der Waals surface area (Å²) in [6, 6.07) is 3.14.